The second-order valence-electron chi connectivity index (χ2n) is 3.86. The first-order valence-corrected chi connectivity index (χ1v) is 6.21. The second-order valence-corrected chi connectivity index (χ2v) is 4.30. The van der Waals surface area contributed by atoms with Crippen LogP contribution in [0.15, 0.2) is 24.3 Å². The van der Waals surface area contributed by atoms with Crippen LogP contribution in [0.5, 0.6) is 5.75 Å². The Labute approximate surface area is 107 Å². The first kappa shape index (κ1) is 13.8. The summed E-state index contributed by atoms with van der Waals surface area (Å²) in [6.45, 7) is 4.51. The van der Waals surface area contributed by atoms with Gasteiger partial charge in [0.25, 0.3) is 5.91 Å². The molecular weight excluding hydrogens is 238 g/mol. The molecule has 0 aromatic heterocycles. The molecule has 1 aromatic rings. The lowest BCUT2D eigenvalue weighted by atomic mass is 10.3. The third-order valence-electron chi connectivity index (χ3n) is 2.33. The van der Waals surface area contributed by atoms with E-state index in [4.69, 9.17) is 16.3 Å². The lowest BCUT2D eigenvalue weighted by Crippen LogP contribution is -2.36. The number of halogens is 1. The number of amides is 1. The average Bonchev–Trinajstić information content (AvgIpc) is 2.32. The van der Waals surface area contributed by atoms with Gasteiger partial charge in [-0.25, -0.2) is 0 Å². The summed E-state index contributed by atoms with van der Waals surface area (Å²) in [6.07, 6.45) is 1.56. The summed E-state index contributed by atoms with van der Waals surface area (Å²) in [6, 6.07) is 6.97. The largest absolute Gasteiger partial charge is 0.481 e. The van der Waals surface area contributed by atoms with Crippen molar-refractivity contribution >= 4 is 17.5 Å². The van der Waals surface area contributed by atoms with Gasteiger partial charge in [-0.15, -0.1) is 0 Å². The molecule has 0 aliphatic heterocycles. The number of rotatable bonds is 6. The topological polar surface area (TPSA) is 38.3 Å². The van der Waals surface area contributed by atoms with Gasteiger partial charge in [0.1, 0.15) is 5.75 Å². The minimum absolute atomic E-state index is 0.0894. The van der Waals surface area contributed by atoms with Gasteiger partial charge in [-0.05, 0) is 37.6 Å². The fourth-order valence-corrected chi connectivity index (χ4v) is 1.43. The molecule has 17 heavy (non-hydrogen) atoms. The molecule has 0 saturated heterocycles. The monoisotopic (exact) mass is 255 g/mol. The van der Waals surface area contributed by atoms with Gasteiger partial charge in [0.15, 0.2) is 6.10 Å². The predicted molar refractivity (Wildman–Crippen MR) is 69.5 cm³/mol. The van der Waals surface area contributed by atoms with Crippen molar-refractivity contribution in [2.75, 3.05) is 6.54 Å². The number of carbonyl (C=O) groups is 1. The van der Waals surface area contributed by atoms with Crippen molar-refractivity contribution in [2.24, 2.45) is 0 Å². The highest BCUT2D eigenvalue weighted by molar-refractivity contribution is 6.30. The van der Waals surface area contributed by atoms with Crippen molar-refractivity contribution in [3.05, 3.63) is 29.3 Å². The number of carbonyl (C=O) groups excluding carboxylic acids is 1. The fourth-order valence-electron chi connectivity index (χ4n) is 1.30. The molecule has 1 N–H and O–H groups in total. The molecule has 0 aliphatic rings. The Bertz CT molecular complexity index is 351. The minimum atomic E-state index is -0.493. The van der Waals surface area contributed by atoms with Crippen molar-refractivity contribution in [1.29, 1.82) is 0 Å². The fraction of sp³-hybridized carbons (Fsp3) is 0.462. The van der Waals surface area contributed by atoms with Gasteiger partial charge >= 0.3 is 0 Å². The maximum Gasteiger partial charge on any atom is 0.260 e. The van der Waals surface area contributed by atoms with Gasteiger partial charge in [0.05, 0.1) is 0 Å². The van der Waals surface area contributed by atoms with Crippen LogP contribution < -0.4 is 10.1 Å². The summed E-state index contributed by atoms with van der Waals surface area (Å²) in [7, 11) is 0. The number of benzene rings is 1. The van der Waals surface area contributed by atoms with E-state index in [1.807, 2.05) is 0 Å². The van der Waals surface area contributed by atoms with Gasteiger partial charge in [0.2, 0.25) is 0 Å². The summed E-state index contributed by atoms with van der Waals surface area (Å²) in [5.74, 6) is 0.556. The van der Waals surface area contributed by atoms with Gasteiger partial charge in [0, 0.05) is 11.6 Å². The van der Waals surface area contributed by atoms with E-state index in [0.29, 0.717) is 17.3 Å². The van der Waals surface area contributed by atoms with E-state index in [1.54, 1.807) is 31.2 Å². The average molecular weight is 256 g/mol. The van der Waals surface area contributed by atoms with Gasteiger partial charge in [-0.3, -0.25) is 4.79 Å². The maximum atomic E-state index is 11.6. The first-order chi connectivity index (χ1) is 8.13. The molecule has 1 atom stereocenters. The number of ether oxygens (including phenoxy) is 1. The van der Waals surface area contributed by atoms with Crippen molar-refractivity contribution in [3.63, 3.8) is 0 Å². The molecular formula is C13H18ClNO2. The van der Waals surface area contributed by atoms with E-state index in [-0.39, 0.29) is 5.91 Å². The zero-order chi connectivity index (χ0) is 12.7. The Balaban J connectivity index is 2.40. The van der Waals surface area contributed by atoms with Gasteiger partial charge < -0.3 is 10.1 Å². The minimum Gasteiger partial charge on any atom is -0.481 e. The normalized spacial score (nSPS) is 11.9. The van der Waals surface area contributed by atoms with Crippen molar-refractivity contribution in [1.82, 2.24) is 5.32 Å². The molecule has 0 fully saturated rings. The summed E-state index contributed by atoms with van der Waals surface area (Å²) < 4.78 is 5.49. The number of hydrogen-bond acceptors (Lipinski definition) is 2. The molecule has 0 spiro atoms. The van der Waals surface area contributed by atoms with Crippen LogP contribution in [0.25, 0.3) is 0 Å². The molecule has 0 bridgehead atoms. The molecule has 3 nitrogen and oxygen atoms in total. The number of hydrogen-bond donors (Lipinski definition) is 1. The van der Waals surface area contributed by atoms with Crippen LogP contribution in [0.3, 0.4) is 0 Å². The van der Waals surface area contributed by atoms with E-state index < -0.39 is 6.10 Å². The van der Waals surface area contributed by atoms with Crippen LogP contribution in [-0.2, 0) is 4.79 Å². The highest BCUT2D eigenvalue weighted by Gasteiger charge is 2.13. The van der Waals surface area contributed by atoms with Crippen LogP contribution in [0, 0.1) is 0 Å². The van der Waals surface area contributed by atoms with E-state index >= 15 is 0 Å². The van der Waals surface area contributed by atoms with E-state index in [1.165, 1.54) is 0 Å². The molecule has 0 aliphatic carbocycles. The Morgan fingerprint density at radius 2 is 2.06 bits per heavy atom. The molecule has 1 rings (SSSR count). The second kappa shape index (κ2) is 7.17. The van der Waals surface area contributed by atoms with E-state index in [0.717, 1.165) is 12.8 Å². The third-order valence-corrected chi connectivity index (χ3v) is 2.58. The molecule has 4 heteroatoms. The maximum absolute atomic E-state index is 11.6. The molecule has 94 valence electrons. The van der Waals surface area contributed by atoms with Gasteiger partial charge in [-0.1, -0.05) is 24.9 Å². The molecule has 0 radical (unpaired) electrons. The summed E-state index contributed by atoms with van der Waals surface area (Å²) >= 11 is 5.76. The molecule has 0 heterocycles. The summed E-state index contributed by atoms with van der Waals surface area (Å²) in [4.78, 5) is 11.6. The Kier molecular flexibility index (Phi) is 5.84. The zero-order valence-electron chi connectivity index (χ0n) is 10.2. The quantitative estimate of drug-likeness (QED) is 0.794. The zero-order valence-corrected chi connectivity index (χ0v) is 11.0. The predicted octanol–water partition coefficient (Wildman–Crippen LogP) is 3.02. The smallest absolute Gasteiger partial charge is 0.260 e. The SMILES string of the molecule is CCCCNC(=O)C(C)Oc1ccc(Cl)cc1. The lowest BCUT2D eigenvalue weighted by Gasteiger charge is -2.14. The van der Waals surface area contributed by atoms with Crippen LogP contribution in [0.2, 0.25) is 5.02 Å². The Hall–Kier alpha value is -1.22. The molecule has 0 saturated carbocycles. The van der Waals surface area contributed by atoms with Crippen LogP contribution in [-0.4, -0.2) is 18.6 Å². The van der Waals surface area contributed by atoms with Crippen LogP contribution in [0.1, 0.15) is 26.7 Å². The summed E-state index contributed by atoms with van der Waals surface area (Å²) in [5.41, 5.74) is 0. The Morgan fingerprint density at radius 3 is 2.65 bits per heavy atom. The lowest BCUT2D eigenvalue weighted by molar-refractivity contribution is -0.127. The highest BCUT2D eigenvalue weighted by Crippen LogP contribution is 2.16. The van der Waals surface area contributed by atoms with Crippen LogP contribution in [0.4, 0.5) is 0 Å². The highest BCUT2D eigenvalue weighted by atomic mass is 35.5. The molecule has 1 amide bonds. The Morgan fingerprint density at radius 1 is 1.41 bits per heavy atom. The van der Waals surface area contributed by atoms with Crippen molar-refractivity contribution in [3.8, 4) is 5.75 Å². The van der Waals surface area contributed by atoms with Gasteiger partial charge in [-0.2, -0.15) is 0 Å². The third kappa shape index (κ3) is 5.09. The first-order valence-electron chi connectivity index (χ1n) is 5.83. The molecule has 1 aromatic carbocycles. The van der Waals surface area contributed by atoms with Crippen molar-refractivity contribution in [2.45, 2.75) is 32.8 Å². The number of nitrogens with one attached hydrogen (secondary N) is 1. The van der Waals surface area contributed by atoms with Crippen LogP contribution >= 0.6 is 11.6 Å². The van der Waals surface area contributed by atoms with E-state index in [9.17, 15) is 4.79 Å². The number of unbranched alkanes of at least 4 members (excludes halogenated alkanes) is 1. The van der Waals surface area contributed by atoms with Crippen molar-refractivity contribution < 1.29 is 9.53 Å². The van der Waals surface area contributed by atoms with E-state index in [2.05, 4.69) is 12.2 Å². The standard InChI is InChI=1S/C13H18ClNO2/c1-3-4-9-15-13(16)10(2)17-12-7-5-11(14)6-8-12/h5-8,10H,3-4,9H2,1-2H3,(H,15,16). The summed E-state index contributed by atoms with van der Waals surface area (Å²) in [5, 5.41) is 3.48. The molecule has 1 unspecified atom stereocenters.